The van der Waals surface area contributed by atoms with Crippen molar-refractivity contribution in [3.63, 3.8) is 0 Å². The molecule has 1 aromatic heterocycles. The fraction of sp³-hybridized carbons (Fsp3) is 0.357. The molecule has 0 aliphatic carbocycles. The largest absolute Gasteiger partial charge is 0.618 e. The first-order chi connectivity index (χ1) is 7.86. The molecule has 0 saturated carbocycles. The topological polar surface area (TPSA) is 26.9 Å². The molecular weight excluding hydrogens is 234 g/mol. The number of rotatable bonds is 0. The van der Waals surface area contributed by atoms with E-state index in [4.69, 9.17) is 11.6 Å². The van der Waals surface area contributed by atoms with Gasteiger partial charge in [0.05, 0.1) is 5.39 Å². The third-order valence-electron chi connectivity index (χ3n) is 3.79. The zero-order valence-electron chi connectivity index (χ0n) is 10.8. The van der Waals surface area contributed by atoms with Gasteiger partial charge in [0.1, 0.15) is 0 Å². The van der Waals surface area contributed by atoms with Crippen LogP contribution < -0.4 is 4.73 Å². The number of halogens is 1. The molecule has 1 heterocycles. The lowest BCUT2D eigenvalue weighted by molar-refractivity contribution is -0.601. The van der Waals surface area contributed by atoms with Gasteiger partial charge >= 0.3 is 0 Å². The predicted molar refractivity (Wildman–Crippen MR) is 71.6 cm³/mol. The van der Waals surface area contributed by atoms with Gasteiger partial charge in [-0.3, -0.25) is 0 Å². The van der Waals surface area contributed by atoms with Crippen LogP contribution in [-0.2, 0) is 0 Å². The second-order valence-corrected chi connectivity index (χ2v) is 5.04. The second-order valence-electron chi connectivity index (χ2n) is 4.68. The quantitative estimate of drug-likeness (QED) is 0.398. The molecule has 0 radical (unpaired) electrons. The van der Waals surface area contributed by atoms with Crippen LogP contribution in [0.25, 0.3) is 10.8 Å². The van der Waals surface area contributed by atoms with Gasteiger partial charge in [0.25, 0.3) is 5.15 Å². The highest BCUT2D eigenvalue weighted by Crippen LogP contribution is 2.33. The molecule has 0 aliphatic heterocycles. The number of nitrogens with zero attached hydrogens (tertiary/aromatic N) is 1. The number of hydrogen-bond donors (Lipinski definition) is 0. The Morgan fingerprint density at radius 1 is 0.882 bits per heavy atom. The zero-order valence-corrected chi connectivity index (χ0v) is 11.6. The van der Waals surface area contributed by atoms with Crippen LogP contribution in [0.4, 0.5) is 0 Å². The van der Waals surface area contributed by atoms with E-state index in [1.807, 2.05) is 13.8 Å². The van der Waals surface area contributed by atoms with Crippen LogP contribution in [0.2, 0.25) is 5.15 Å². The fourth-order valence-electron chi connectivity index (χ4n) is 2.47. The van der Waals surface area contributed by atoms with Crippen molar-refractivity contribution in [2.45, 2.75) is 34.6 Å². The van der Waals surface area contributed by atoms with Crippen molar-refractivity contribution in [1.29, 1.82) is 0 Å². The molecule has 0 spiro atoms. The van der Waals surface area contributed by atoms with Crippen molar-refractivity contribution < 1.29 is 4.73 Å². The molecule has 2 rings (SSSR count). The van der Waals surface area contributed by atoms with E-state index < -0.39 is 0 Å². The van der Waals surface area contributed by atoms with Crippen LogP contribution in [-0.4, -0.2) is 0 Å². The van der Waals surface area contributed by atoms with Crippen molar-refractivity contribution in [1.82, 2.24) is 0 Å². The number of aryl methyl sites for hydroxylation is 3. The van der Waals surface area contributed by atoms with Crippen LogP contribution in [0.5, 0.6) is 0 Å². The Balaban J connectivity index is 3.17. The minimum atomic E-state index is 0.273. The van der Waals surface area contributed by atoms with Gasteiger partial charge in [0.2, 0.25) is 0 Å². The Bertz CT molecular complexity index is 632. The molecule has 0 fully saturated rings. The third-order valence-corrected chi connectivity index (χ3v) is 4.15. The van der Waals surface area contributed by atoms with Crippen molar-refractivity contribution in [3.8, 4) is 0 Å². The SMILES string of the molecule is Cc1c(C)c(C)c2c(Cl)[n+]([O-])cc(C)c2c1C. The molecule has 3 heteroatoms. The summed E-state index contributed by atoms with van der Waals surface area (Å²) in [6.45, 7) is 10.2. The summed E-state index contributed by atoms with van der Waals surface area (Å²) < 4.78 is 0.750. The predicted octanol–water partition coefficient (Wildman–Crippen LogP) is 3.67. The monoisotopic (exact) mass is 249 g/mol. The van der Waals surface area contributed by atoms with E-state index in [2.05, 4.69) is 20.8 Å². The lowest BCUT2D eigenvalue weighted by Gasteiger charge is -2.16. The summed E-state index contributed by atoms with van der Waals surface area (Å²) in [6, 6.07) is 0. The van der Waals surface area contributed by atoms with Crippen molar-refractivity contribution in [2.75, 3.05) is 0 Å². The van der Waals surface area contributed by atoms with Crippen LogP contribution in [0.1, 0.15) is 27.8 Å². The average Bonchev–Trinajstić information content (AvgIpc) is 2.28. The molecule has 0 amide bonds. The highest BCUT2D eigenvalue weighted by molar-refractivity contribution is 6.33. The summed E-state index contributed by atoms with van der Waals surface area (Å²) in [6.07, 6.45) is 1.55. The number of hydrogen-bond acceptors (Lipinski definition) is 1. The highest BCUT2D eigenvalue weighted by atomic mass is 35.5. The van der Waals surface area contributed by atoms with Gasteiger partial charge in [0.15, 0.2) is 6.20 Å². The summed E-state index contributed by atoms with van der Waals surface area (Å²) >= 11 is 6.15. The van der Waals surface area contributed by atoms with Crippen LogP contribution in [0, 0.1) is 39.8 Å². The van der Waals surface area contributed by atoms with E-state index >= 15 is 0 Å². The zero-order chi connectivity index (χ0) is 12.9. The number of fused-ring (bicyclic) bond motifs is 1. The van der Waals surface area contributed by atoms with E-state index in [-0.39, 0.29) is 5.15 Å². The van der Waals surface area contributed by atoms with Gasteiger partial charge in [0, 0.05) is 10.9 Å². The number of benzene rings is 1. The molecular formula is C14H16ClNO. The standard InChI is InChI=1S/C14H16ClNO/c1-7-6-16(17)14(15)13-11(5)9(3)8(2)10(4)12(7)13/h6H,1-5H3. The Hall–Kier alpha value is -1.28. The Morgan fingerprint density at radius 3 is 1.88 bits per heavy atom. The van der Waals surface area contributed by atoms with Gasteiger partial charge in [-0.2, -0.15) is 4.73 Å². The summed E-state index contributed by atoms with van der Waals surface area (Å²) in [4.78, 5) is 0. The lowest BCUT2D eigenvalue weighted by atomic mass is 9.91. The van der Waals surface area contributed by atoms with Crippen molar-refractivity contribution in [3.05, 3.63) is 44.4 Å². The van der Waals surface area contributed by atoms with Crippen molar-refractivity contribution >= 4 is 22.4 Å². The Kier molecular flexibility index (Phi) is 2.78. The van der Waals surface area contributed by atoms with Crippen LogP contribution in [0.3, 0.4) is 0 Å². The van der Waals surface area contributed by atoms with E-state index in [0.717, 1.165) is 26.6 Å². The molecule has 17 heavy (non-hydrogen) atoms. The summed E-state index contributed by atoms with van der Waals surface area (Å²) in [5.74, 6) is 0. The number of aromatic nitrogens is 1. The smallest absolute Gasteiger partial charge is 0.294 e. The average molecular weight is 250 g/mol. The maximum Gasteiger partial charge on any atom is 0.294 e. The first-order valence-electron chi connectivity index (χ1n) is 5.64. The van der Waals surface area contributed by atoms with Gasteiger partial charge in [-0.25, -0.2) is 0 Å². The van der Waals surface area contributed by atoms with Crippen LogP contribution in [0.15, 0.2) is 6.20 Å². The molecule has 0 aliphatic rings. The molecule has 0 bridgehead atoms. The van der Waals surface area contributed by atoms with Gasteiger partial charge in [-0.05, 0) is 68.5 Å². The van der Waals surface area contributed by atoms with Gasteiger partial charge in [-0.15, -0.1) is 0 Å². The molecule has 90 valence electrons. The van der Waals surface area contributed by atoms with Crippen molar-refractivity contribution in [2.24, 2.45) is 0 Å². The van der Waals surface area contributed by atoms with E-state index in [0.29, 0.717) is 0 Å². The molecule has 0 saturated heterocycles. The Morgan fingerprint density at radius 2 is 1.35 bits per heavy atom. The first-order valence-corrected chi connectivity index (χ1v) is 6.02. The van der Waals surface area contributed by atoms with Gasteiger partial charge in [-0.1, -0.05) is 0 Å². The molecule has 0 atom stereocenters. The van der Waals surface area contributed by atoms with E-state index in [1.165, 1.54) is 16.7 Å². The summed E-state index contributed by atoms with van der Waals surface area (Å²) in [7, 11) is 0. The fourth-order valence-corrected chi connectivity index (χ4v) is 2.76. The minimum absolute atomic E-state index is 0.273. The Labute approximate surface area is 106 Å². The molecule has 2 nitrogen and oxygen atoms in total. The van der Waals surface area contributed by atoms with Crippen LogP contribution >= 0.6 is 11.6 Å². The summed E-state index contributed by atoms with van der Waals surface area (Å²) in [5.41, 5.74) is 5.77. The molecule has 0 unspecified atom stereocenters. The van der Waals surface area contributed by atoms with E-state index in [9.17, 15) is 5.21 Å². The highest BCUT2D eigenvalue weighted by Gasteiger charge is 2.19. The molecule has 0 N–H and O–H groups in total. The molecule has 1 aromatic carbocycles. The third kappa shape index (κ3) is 1.59. The normalized spacial score (nSPS) is 11.2. The van der Waals surface area contributed by atoms with E-state index in [1.54, 1.807) is 6.20 Å². The lowest BCUT2D eigenvalue weighted by Crippen LogP contribution is -2.28. The second kappa shape index (κ2) is 3.88. The number of pyridine rings is 1. The molecule has 2 aromatic rings. The first kappa shape index (κ1) is 12.2. The van der Waals surface area contributed by atoms with Gasteiger partial charge < -0.3 is 5.21 Å². The maximum atomic E-state index is 11.7. The summed E-state index contributed by atoms with van der Waals surface area (Å²) in [5, 5.41) is 14.0. The minimum Gasteiger partial charge on any atom is -0.618 e. The maximum absolute atomic E-state index is 11.7.